The SMILES string of the molecule is Cc1cc(C(=O)Nc2cccc(-c3cncc(C(=O)N=S(C)(=O)c4cccc(CC(=O)O)c4)c3)c2)n(C)n1. The molecule has 2 N–H and O–H groups in total. The van der Waals surface area contributed by atoms with Crippen LogP contribution in [0.2, 0.25) is 0 Å². The number of aliphatic carboxylic acids is 1. The predicted molar refractivity (Wildman–Crippen MR) is 142 cm³/mol. The number of carbonyl (C=O) groups excluding carboxylic acids is 2. The van der Waals surface area contributed by atoms with Crippen molar-refractivity contribution < 1.29 is 23.7 Å². The lowest BCUT2D eigenvalue weighted by atomic mass is 10.1. The molecule has 10 nitrogen and oxygen atoms in total. The number of benzene rings is 2. The molecule has 38 heavy (non-hydrogen) atoms. The highest BCUT2D eigenvalue weighted by Crippen LogP contribution is 2.24. The molecule has 0 aliphatic carbocycles. The van der Waals surface area contributed by atoms with Crippen LogP contribution in [0.5, 0.6) is 0 Å². The normalized spacial score (nSPS) is 12.4. The molecule has 0 fully saturated rings. The van der Waals surface area contributed by atoms with E-state index in [9.17, 15) is 18.6 Å². The summed E-state index contributed by atoms with van der Waals surface area (Å²) in [6.07, 6.45) is 4.01. The first kappa shape index (κ1) is 26.4. The first-order valence-corrected chi connectivity index (χ1v) is 13.4. The van der Waals surface area contributed by atoms with Gasteiger partial charge in [0.2, 0.25) is 0 Å². The highest BCUT2D eigenvalue weighted by atomic mass is 32.2. The molecule has 1 atom stereocenters. The molecule has 0 radical (unpaired) electrons. The van der Waals surface area contributed by atoms with E-state index in [0.717, 1.165) is 5.69 Å². The number of hydrogen-bond donors (Lipinski definition) is 2. The molecule has 2 aromatic carbocycles. The molecule has 194 valence electrons. The van der Waals surface area contributed by atoms with Crippen LogP contribution >= 0.6 is 0 Å². The van der Waals surface area contributed by atoms with Crippen LogP contribution in [-0.2, 0) is 28.0 Å². The maximum Gasteiger partial charge on any atom is 0.307 e. The van der Waals surface area contributed by atoms with Crippen LogP contribution in [0.25, 0.3) is 11.1 Å². The Balaban J connectivity index is 1.58. The first-order valence-electron chi connectivity index (χ1n) is 11.5. The summed E-state index contributed by atoms with van der Waals surface area (Å²) in [5.41, 5.74) is 3.59. The number of anilines is 1. The van der Waals surface area contributed by atoms with Gasteiger partial charge >= 0.3 is 5.97 Å². The third-order valence-corrected chi connectivity index (χ3v) is 7.26. The van der Waals surface area contributed by atoms with Gasteiger partial charge in [0.1, 0.15) is 5.69 Å². The van der Waals surface area contributed by atoms with Gasteiger partial charge in [0.15, 0.2) is 0 Å². The van der Waals surface area contributed by atoms with Gasteiger partial charge in [-0.15, -0.1) is 0 Å². The number of carbonyl (C=O) groups is 3. The van der Waals surface area contributed by atoms with Gasteiger partial charge in [-0.05, 0) is 54.4 Å². The zero-order valence-corrected chi connectivity index (χ0v) is 21.7. The number of nitrogens with zero attached hydrogens (tertiary/aromatic N) is 4. The largest absolute Gasteiger partial charge is 0.481 e. The molecule has 2 aromatic heterocycles. The van der Waals surface area contributed by atoms with E-state index in [2.05, 4.69) is 19.8 Å². The maximum absolute atomic E-state index is 13.3. The third kappa shape index (κ3) is 6.19. The summed E-state index contributed by atoms with van der Waals surface area (Å²) in [5, 5.41) is 16.1. The molecule has 4 aromatic rings. The van der Waals surface area contributed by atoms with E-state index in [4.69, 9.17) is 5.11 Å². The molecule has 0 bridgehead atoms. The minimum atomic E-state index is -3.14. The Morgan fingerprint density at radius 3 is 2.50 bits per heavy atom. The Morgan fingerprint density at radius 1 is 1.03 bits per heavy atom. The third-order valence-electron chi connectivity index (χ3n) is 5.62. The average molecular weight is 532 g/mol. The van der Waals surface area contributed by atoms with E-state index in [0.29, 0.717) is 28.1 Å². The summed E-state index contributed by atoms with van der Waals surface area (Å²) >= 11 is 0. The summed E-state index contributed by atoms with van der Waals surface area (Å²) in [7, 11) is -1.45. The van der Waals surface area contributed by atoms with Crippen molar-refractivity contribution in [1.29, 1.82) is 0 Å². The Kier molecular flexibility index (Phi) is 7.49. The minimum absolute atomic E-state index is 0.138. The van der Waals surface area contributed by atoms with Crippen molar-refractivity contribution in [2.75, 3.05) is 11.6 Å². The van der Waals surface area contributed by atoms with Gasteiger partial charge in [0, 0.05) is 41.8 Å². The quantitative estimate of drug-likeness (QED) is 0.367. The van der Waals surface area contributed by atoms with Crippen LogP contribution in [0.1, 0.15) is 32.1 Å². The fourth-order valence-corrected chi connectivity index (χ4v) is 5.07. The van der Waals surface area contributed by atoms with Gasteiger partial charge in [0.05, 0.1) is 27.4 Å². The lowest BCUT2D eigenvalue weighted by molar-refractivity contribution is -0.136. The molecule has 2 amide bonds. The van der Waals surface area contributed by atoms with Crippen molar-refractivity contribution in [3.63, 3.8) is 0 Å². The lowest BCUT2D eigenvalue weighted by Crippen LogP contribution is -2.16. The second-order valence-electron chi connectivity index (χ2n) is 8.71. The van der Waals surface area contributed by atoms with Gasteiger partial charge in [-0.3, -0.25) is 24.0 Å². The maximum atomic E-state index is 13.3. The van der Waals surface area contributed by atoms with E-state index in [-0.39, 0.29) is 22.8 Å². The highest BCUT2D eigenvalue weighted by molar-refractivity contribution is 7.93. The fraction of sp³-hybridized carbons (Fsp3) is 0.148. The number of amides is 2. The molecule has 0 saturated carbocycles. The van der Waals surface area contributed by atoms with Crippen molar-refractivity contribution in [2.24, 2.45) is 11.4 Å². The van der Waals surface area contributed by atoms with E-state index in [1.54, 1.807) is 68.7 Å². The zero-order chi connectivity index (χ0) is 27.4. The van der Waals surface area contributed by atoms with Gasteiger partial charge in [-0.1, -0.05) is 24.3 Å². The molecule has 11 heteroatoms. The van der Waals surface area contributed by atoms with Crippen LogP contribution in [0.3, 0.4) is 0 Å². The molecule has 1 unspecified atom stereocenters. The monoisotopic (exact) mass is 531 g/mol. The predicted octanol–water partition coefficient (Wildman–Crippen LogP) is 3.97. The summed E-state index contributed by atoms with van der Waals surface area (Å²) in [6, 6.07) is 16.6. The van der Waals surface area contributed by atoms with Crippen molar-refractivity contribution >= 4 is 33.2 Å². The van der Waals surface area contributed by atoms with Crippen LogP contribution in [0.15, 0.2) is 82.3 Å². The average Bonchev–Trinajstić information content (AvgIpc) is 3.21. The number of carboxylic acids is 1. The number of aryl methyl sites for hydroxylation is 2. The molecule has 0 aliphatic heterocycles. The molecular weight excluding hydrogens is 506 g/mol. The van der Waals surface area contributed by atoms with Crippen LogP contribution in [-0.4, -0.2) is 48.1 Å². The smallest absolute Gasteiger partial charge is 0.307 e. The van der Waals surface area contributed by atoms with Crippen molar-refractivity contribution in [3.05, 3.63) is 95.6 Å². The van der Waals surface area contributed by atoms with Gasteiger partial charge in [0.25, 0.3) is 11.8 Å². The zero-order valence-electron chi connectivity index (χ0n) is 20.9. The van der Waals surface area contributed by atoms with E-state index < -0.39 is 21.6 Å². The Morgan fingerprint density at radius 2 is 1.79 bits per heavy atom. The Bertz CT molecular complexity index is 1680. The van der Waals surface area contributed by atoms with E-state index >= 15 is 0 Å². The fourth-order valence-electron chi connectivity index (χ4n) is 3.84. The highest BCUT2D eigenvalue weighted by Gasteiger charge is 2.15. The van der Waals surface area contributed by atoms with Crippen LogP contribution in [0.4, 0.5) is 5.69 Å². The number of rotatable bonds is 7. The van der Waals surface area contributed by atoms with Crippen LogP contribution < -0.4 is 5.32 Å². The number of hydrogen-bond acceptors (Lipinski definition) is 6. The van der Waals surface area contributed by atoms with Gasteiger partial charge < -0.3 is 10.4 Å². The van der Waals surface area contributed by atoms with Gasteiger partial charge in [-0.25, -0.2) is 4.21 Å². The summed E-state index contributed by atoms with van der Waals surface area (Å²) in [6.45, 7) is 1.80. The summed E-state index contributed by atoms with van der Waals surface area (Å²) < 4.78 is 18.7. The Hall–Kier alpha value is -4.64. The van der Waals surface area contributed by atoms with Crippen molar-refractivity contribution in [1.82, 2.24) is 14.8 Å². The topological polar surface area (TPSA) is 144 Å². The van der Waals surface area contributed by atoms with Crippen LogP contribution in [0, 0.1) is 6.92 Å². The lowest BCUT2D eigenvalue weighted by Gasteiger charge is -2.09. The standard InChI is InChI=1S/C27H25N5O5S/c1-17-10-24(32(2)30-17)27(36)29-22-8-5-7-19(14-22)20-13-21(16-28-15-20)26(35)31-38(3,37)23-9-4-6-18(11-23)12-25(33)34/h4-11,13-16H,12H2,1-3H3,(H,29,36)(H,33,34). The number of aromatic nitrogens is 3. The van der Waals surface area contributed by atoms with E-state index in [1.807, 2.05) is 6.07 Å². The molecule has 0 spiro atoms. The molecule has 0 saturated heterocycles. The summed E-state index contributed by atoms with van der Waals surface area (Å²) in [5.74, 6) is -2.04. The van der Waals surface area contributed by atoms with Crippen molar-refractivity contribution in [3.8, 4) is 11.1 Å². The number of nitrogens with one attached hydrogen (secondary N) is 1. The number of pyridine rings is 1. The minimum Gasteiger partial charge on any atom is -0.481 e. The second kappa shape index (κ2) is 10.8. The molecule has 2 heterocycles. The summed E-state index contributed by atoms with van der Waals surface area (Å²) in [4.78, 5) is 41.0. The van der Waals surface area contributed by atoms with Crippen molar-refractivity contribution in [2.45, 2.75) is 18.2 Å². The first-order chi connectivity index (χ1) is 18.0. The molecule has 4 rings (SSSR count). The van der Waals surface area contributed by atoms with Gasteiger partial charge in [-0.2, -0.15) is 9.46 Å². The number of carboxylic acid groups (broad SMARTS) is 1. The molecular formula is C27H25N5O5S. The van der Waals surface area contributed by atoms with E-state index in [1.165, 1.54) is 23.2 Å². The Labute approximate surface area is 219 Å². The second-order valence-corrected chi connectivity index (χ2v) is 11.0. The molecule has 0 aliphatic rings.